The molecule has 1 aromatic rings. The van der Waals surface area contributed by atoms with E-state index >= 15 is 0 Å². The van der Waals surface area contributed by atoms with Gasteiger partial charge in [-0.05, 0) is 30.4 Å². The minimum Gasteiger partial charge on any atom is -0.327 e. The van der Waals surface area contributed by atoms with Gasteiger partial charge < -0.3 is 5.73 Å². The normalized spacial score (nSPS) is 20.9. The molecule has 1 nitrogen and oxygen atoms in total. The molecule has 0 spiro atoms. The van der Waals surface area contributed by atoms with E-state index in [9.17, 15) is 0 Å². The van der Waals surface area contributed by atoms with Crippen molar-refractivity contribution in [2.75, 3.05) is 0 Å². The summed E-state index contributed by atoms with van der Waals surface area (Å²) in [7, 11) is 0. The van der Waals surface area contributed by atoms with Crippen molar-refractivity contribution < 1.29 is 0 Å². The predicted octanol–water partition coefficient (Wildman–Crippen LogP) is 1.58. The first kappa shape index (κ1) is 9.27. The van der Waals surface area contributed by atoms with Gasteiger partial charge in [-0.15, -0.1) is 0 Å². The number of nitrogens with two attached hydrogens (primary N) is 1. The smallest absolute Gasteiger partial charge is 0.00825 e. The van der Waals surface area contributed by atoms with E-state index in [0.29, 0.717) is 6.04 Å². The maximum absolute atomic E-state index is 5.85. The second kappa shape index (κ2) is 3.72. The lowest BCUT2D eigenvalue weighted by Gasteiger charge is -2.20. The van der Waals surface area contributed by atoms with Crippen LogP contribution in [0.5, 0.6) is 0 Å². The second-order valence-corrected chi connectivity index (χ2v) is 3.27. The van der Waals surface area contributed by atoms with Crippen molar-refractivity contribution in [1.29, 1.82) is 0 Å². The summed E-state index contributed by atoms with van der Waals surface area (Å²) >= 11 is 0. The minimum absolute atomic E-state index is 0. The summed E-state index contributed by atoms with van der Waals surface area (Å²) in [6.07, 6.45) is 3.38. The number of rotatable bonds is 0. The van der Waals surface area contributed by atoms with Crippen molar-refractivity contribution in [2.24, 2.45) is 5.73 Å². The molecular weight excluding hydrogens is 146 g/mol. The molecule has 0 bridgehead atoms. The summed E-state index contributed by atoms with van der Waals surface area (Å²) in [6.45, 7) is 0. The average molecular weight is 159 g/mol. The number of fused-ring (bicyclic) bond motifs is 1. The highest BCUT2D eigenvalue weighted by Crippen LogP contribution is 2.19. The van der Waals surface area contributed by atoms with E-state index in [4.69, 9.17) is 5.73 Å². The van der Waals surface area contributed by atoms with Crippen LogP contribution in [0.4, 0.5) is 0 Å². The lowest BCUT2D eigenvalue weighted by molar-refractivity contribution is 0.576. The monoisotopic (exact) mass is 159 g/mol. The summed E-state index contributed by atoms with van der Waals surface area (Å²) in [5.74, 6) is 0. The number of aryl methyl sites for hydroxylation is 1. The van der Waals surface area contributed by atoms with Gasteiger partial charge in [0, 0.05) is 13.5 Å². The molecule has 1 unspecified atom stereocenters. The maximum atomic E-state index is 5.85. The zero-order valence-corrected chi connectivity index (χ0v) is 7.09. The molecule has 1 aliphatic rings. The van der Waals surface area contributed by atoms with Gasteiger partial charge in [0.15, 0.2) is 0 Å². The fraction of sp³-hybridized carbons (Fsp3) is 0.364. The lowest BCUT2D eigenvalue weighted by Crippen LogP contribution is -2.27. The molecule has 0 saturated carbocycles. The van der Waals surface area contributed by atoms with Crippen molar-refractivity contribution in [3.63, 3.8) is 0 Å². The first-order chi connectivity index (χ1) is 5.36. The first-order valence-corrected chi connectivity index (χ1v) is 4.18. The van der Waals surface area contributed by atoms with E-state index in [1.165, 1.54) is 11.1 Å². The van der Waals surface area contributed by atoms with Crippen molar-refractivity contribution in [3.8, 4) is 0 Å². The van der Waals surface area contributed by atoms with Crippen LogP contribution in [0.2, 0.25) is 0 Å². The van der Waals surface area contributed by atoms with Gasteiger partial charge in [0.1, 0.15) is 0 Å². The second-order valence-electron chi connectivity index (χ2n) is 3.27. The molecular formula is C11H13N. The molecule has 0 heterocycles. The van der Waals surface area contributed by atoms with Crippen molar-refractivity contribution in [1.82, 2.24) is 0 Å². The van der Waals surface area contributed by atoms with Crippen LogP contribution in [0.1, 0.15) is 17.5 Å². The average Bonchev–Trinajstić information content (AvgIpc) is 2.04. The summed E-state index contributed by atoms with van der Waals surface area (Å²) in [5, 5.41) is 0. The van der Waals surface area contributed by atoms with Crippen LogP contribution in [0.3, 0.4) is 0 Å². The molecule has 62 valence electrons. The Labute approximate surface area is 74.6 Å². The molecule has 4 radical (unpaired) electrons. The van der Waals surface area contributed by atoms with E-state index < -0.39 is 0 Å². The highest BCUT2D eigenvalue weighted by Gasteiger charge is 2.13. The third-order valence-electron chi connectivity index (χ3n) is 2.38. The molecule has 1 aliphatic carbocycles. The van der Waals surface area contributed by atoms with Gasteiger partial charge in [-0.25, -0.2) is 0 Å². The van der Waals surface area contributed by atoms with Gasteiger partial charge in [0.05, 0.1) is 0 Å². The lowest BCUT2D eigenvalue weighted by atomic mass is 9.89. The van der Waals surface area contributed by atoms with Crippen LogP contribution in [-0.4, -0.2) is 6.04 Å². The van der Waals surface area contributed by atoms with Crippen LogP contribution >= 0.6 is 0 Å². The highest BCUT2D eigenvalue weighted by molar-refractivity contribution is 5.30. The van der Waals surface area contributed by atoms with Gasteiger partial charge in [0.2, 0.25) is 0 Å². The molecule has 1 atom stereocenters. The molecule has 0 fully saturated rings. The zero-order valence-electron chi connectivity index (χ0n) is 7.09. The maximum Gasteiger partial charge on any atom is 0.00825 e. The molecule has 1 heteroatoms. The van der Waals surface area contributed by atoms with Crippen molar-refractivity contribution in [3.05, 3.63) is 42.8 Å². The molecule has 0 saturated heterocycles. The quantitative estimate of drug-likeness (QED) is 0.611. The predicted molar refractivity (Wildman–Crippen MR) is 49.7 cm³/mol. The van der Waals surface area contributed by atoms with Crippen LogP contribution in [-0.2, 0) is 12.8 Å². The van der Waals surface area contributed by atoms with E-state index in [-0.39, 0.29) is 7.43 Å². The van der Waals surface area contributed by atoms with E-state index in [2.05, 4.69) is 24.3 Å². The molecule has 12 heavy (non-hydrogen) atoms. The minimum atomic E-state index is 0. The summed E-state index contributed by atoms with van der Waals surface area (Å²) in [4.78, 5) is 0. The third kappa shape index (κ3) is 1.67. The number of hydrogen-bond donors (Lipinski definition) is 1. The Morgan fingerprint density at radius 1 is 1.17 bits per heavy atom. The van der Waals surface area contributed by atoms with Gasteiger partial charge in [-0.1, -0.05) is 24.3 Å². The molecule has 0 aromatic heterocycles. The van der Waals surface area contributed by atoms with Crippen LogP contribution in [0.25, 0.3) is 0 Å². The highest BCUT2D eigenvalue weighted by atomic mass is 14.6. The molecule has 2 rings (SSSR count). The fourth-order valence-corrected chi connectivity index (χ4v) is 1.73. The number of hydrogen-bond acceptors (Lipinski definition) is 1. The Morgan fingerprint density at radius 3 is 2.58 bits per heavy atom. The van der Waals surface area contributed by atoms with Gasteiger partial charge in [-0.2, -0.15) is 0 Å². The molecule has 0 aliphatic heterocycles. The van der Waals surface area contributed by atoms with Crippen LogP contribution in [0, 0.1) is 7.43 Å². The molecule has 2 N–H and O–H groups in total. The zero-order chi connectivity index (χ0) is 7.68. The largest absolute Gasteiger partial charge is 0.327 e. The standard InChI is InChI=1S/C10H13N.C/c11-10-6-5-8-3-1-2-4-9(8)7-10;/h1-4,10H,5-7,11H2;. The van der Waals surface area contributed by atoms with E-state index in [1.807, 2.05) is 0 Å². The molecule has 1 aromatic carbocycles. The summed E-state index contributed by atoms with van der Waals surface area (Å²) in [5.41, 5.74) is 8.79. The topological polar surface area (TPSA) is 26.0 Å². The van der Waals surface area contributed by atoms with Gasteiger partial charge in [-0.3, -0.25) is 0 Å². The van der Waals surface area contributed by atoms with E-state index in [0.717, 1.165) is 19.3 Å². The van der Waals surface area contributed by atoms with Gasteiger partial charge in [0.25, 0.3) is 0 Å². The SMILES string of the molecule is NC1CCc2ccccc2C1.[C]. The third-order valence-corrected chi connectivity index (χ3v) is 2.38. The Bertz CT molecular complexity index is 255. The van der Waals surface area contributed by atoms with E-state index in [1.54, 1.807) is 0 Å². The van der Waals surface area contributed by atoms with Crippen LogP contribution in [0.15, 0.2) is 24.3 Å². The van der Waals surface area contributed by atoms with Crippen molar-refractivity contribution in [2.45, 2.75) is 25.3 Å². The fourth-order valence-electron chi connectivity index (χ4n) is 1.73. The summed E-state index contributed by atoms with van der Waals surface area (Å²) < 4.78 is 0. The molecule has 0 amide bonds. The number of benzene rings is 1. The Kier molecular flexibility index (Phi) is 2.88. The first-order valence-electron chi connectivity index (χ1n) is 4.18. The van der Waals surface area contributed by atoms with Crippen LogP contribution < -0.4 is 5.73 Å². The summed E-state index contributed by atoms with van der Waals surface area (Å²) in [6, 6.07) is 8.99. The Balaban J connectivity index is 0.000000720. The Morgan fingerprint density at radius 2 is 1.83 bits per heavy atom. The Hall–Kier alpha value is -0.820. The van der Waals surface area contributed by atoms with Crippen molar-refractivity contribution >= 4 is 0 Å². The van der Waals surface area contributed by atoms with Gasteiger partial charge >= 0.3 is 0 Å².